The van der Waals surface area contributed by atoms with Crippen molar-refractivity contribution in [3.05, 3.63) is 41.5 Å². The van der Waals surface area contributed by atoms with E-state index in [2.05, 4.69) is 19.1 Å². The summed E-state index contributed by atoms with van der Waals surface area (Å²) < 4.78 is 5.69. The molecule has 2 atom stereocenters. The number of phenolic OH excluding ortho intramolecular Hbond substituents is 1. The summed E-state index contributed by atoms with van der Waals surface area (Å²) in [4.78, 5) is 11.6. The molecular formula is C18H18O3. The van der Waals surface area contributed by atoms with Crippen molar-refractivity contribution < 1.29 is 14.6 Å². The summed E-state index contributed by atoms with van der Waals surface area (Å²) in [5, 5.41) is 11.9. The normalized spacial score (nSPS) is 27.9. The van der Waals surface area contributed by atoms with Crippen LogP contribution in [0.1, 0.15) is 43.2 Å². The van der Waals surface area contributed by atoms with Crippen molar-refractivity contribution in [1.82, 2.24) is 0 Å². The Morgan fingerprint density at radius 2 is 2.10 bits per heavy atom. The maximum atomic E-state index is 11.6. The number of hydrogen-bond acceptors (Lipinski definition) is 3. The molecule has 3 heteroatoms. The summed E-state index contributed by atoms with van der Waals surface area (Å²) >= 11 is 0. The Morgan fingerprint density at radius 1 is 1.24 bits per heavy atom. The Balaban J connectivity index is 1.89. The van der Waals surface area contributed by atoms with Crippen LogP contribution in [0.4, 0.5) is 0 Å². The molecule has 0 spiro atoms. The average Bonchev–Trinajstić information content (AvgIpc) is 2.45. The molecule has 1 N–H and O–H groups in total. The van der Waals surface area contributed by atoms with Crippen molar-refractivity contribution >= 4 is 16.7 Å². The van der Waals surface area contributed by atoms with Crippen LogP contribution in [-0.4, -0.2) is 16.7 Å². The van der Waals surface area contributed by atoms with Gasteiger partial charge in [-0.05, 0) is 60.2 Å². The predicted molar refractivity (Wildman–Crippen MR) is 80.4 cm³/mol. The predicted octanol–water partition coefficient (Wildman–Crippen LogP) is 3.67. The molecule has 2 aromatic carbocycles. The fraction of sp³-hybridized carbons (Fsp3) is 0.389. The highest BCUT2D eigenvalue weighted by molar-refractivity contribution is 5.88. The Kier molecular flexibility index (Phi) is 2.56. The topological polar surface area (TPSA) is 46.5 Å². The van der Waals surface area contributed by atoms with E-state index < -0.39 is 0 Å². The lowest BCUT2D eigenvalue weighted by molar-refractivity contribution is -0.169. The average molecular weight is 282 g/mol. The van der Waals surface area contributed by atoms with Crippen LogP contribution < -0.4 is 0 Å². The molecule has 2 aromatic rings. The van der Waals surface area contributed by atoms with Gasteiger partial charge in [-0.1, -0.05) is 18.2 Å². The zero-order valence-electron chi connectivity index (χ0n) is 12.1. The summed E-state index contributed by atoms with van der Waals surface area (Å²) in [5.74, 6) is 0.523. The van der Waals surface area contributed by atoms with Gasteiger partial charge in [-0.2, -0.15) is 0 Å². The molecule has 108 valence electrons. The van der Waals surface area contributed by atoms with Crippen molar-refractivity contribution in [2.24, 2.45) is 0 Å². The number of rotatable bonds is 0. The van der Waals surface area contributed by atoms with Gasteiger partial charge in [-0.15, -0.1) is 0 Å². The summed E-state index contributed by atoms with van der Waals surface area (Å²) in [5.41, 5.74) is 2.31. The molecule has 0 radical (unpaired) electrons. The highest BCUT2D eigenvalue weighted by Gasteiger charge is 2.45. The molecule has 3 nitrogen and oxygen atoms in total. The number of carbonyl (C=O) groups is 1. The van der Waals surface area contributed by atoms with Crippen LogP contribution in [0.25, 0.3) is 10.8 Å². The second-order valence-corrected chi connectivity index (χ2v) is 6.42. The first-order valence-corrected chi connectivity index (χ1v) is 7.53. The maximum Gasteiger partial charge on any atom is 0.306 e. The highest BCUT2D eigenvalue weighted by atomic mass is 16.6. The lowest BCUT2D eigenvalue weighted by atomic mass is 9.68. The number of carbonyl (C=O) groups excluding carboxylic acids is 1. The van der Waals surface area contributed by atoms with Gasteiger partial charge in [0.1, 0.15) is 11.4 Å². The molecule has 0 amide bonds. The molecule has 1 aliphatic carbocycles. The number of fused-ring (bicyclic) bond motifs is 5. The maximum absolute atomic E-state index is 11.6. The fourth-order valence-electron chi connectivity index (χ4n) is 4.04. The number of aryl methyl sites for hydroxylation is 1. The van der Waals surface area contributed by atoms with Gasteiger partial charge in [0, 0.05) is 12.3 Å². The first-order chi connectivity index (χ1) is 10.1. The summed E-state index contributed by atoms with van der Waals surface area (Å²) in [6.07, 6.45) is 3.16. The number of ether oxygens (including phenoxy) is 1. The molecule has 2 unspecified atom stereocenters. The zero-order valence-corrected chi connectivity index (χ0v) is 12.1. The van der Waals surface area contributed by atoms with Gasteiger partial charge >= 0.3 is 5.97 Å². The Hall–Kier alpha value is -2.03. The molecule has 21 heavy (non-hydrogen) atoms. The van der Waals surface area contributed by atoms with Crippen LogP contribution in [0.5, 0.6) is 5.75 Å². The van der Waals surface area contributed by atoms with Gasteiger partial charge in [0.15, 0.2) is 0 Å². The van der Waals surface area contributed by atoms with E-state index in [1.807, 2.05) is 12.1 Å². The molecular weight excluding hydrogens is 264 g/mol. The fourth-order valence-corrected chi connectivity index (χ4v) is 4.04. The van der Waals surface area contributed by atoms with Crippen molar-refractivity contribution in [3.63, 3.8) is 0 Å². The van der Waals surface area contributed by atoms with Crippen LogP contribution in [0, 0.1) is 0 Å². The third kappa shape index (κ3) is 1.84. The van der Waals surface area contributed by atoms with Crippen LogP contribution >= 0.6 is 0 Å². The SMILES string of the molecule is CC12CCc3c(ccc4cc(O)ccc34)C1CCC(=O)O2. The van der Waals surface area contributed by atoms with E-state index in [4.69, 9.17) is 4.74 Å². The summed E-state index contributed by atoms with van der Waals surface area (Å²) in [6.45, 7) is 2.07. The smallest absolute Gasteiger partial charge is 0.306 e. The summed E-state index contributed by atoms with van der Waals surface area (Å²) in [7, 11) is 0. The second-order valence-electron chi connectivity index (χ2n) is 6.42. The molecule has 1 saturated heterocycles. The Labute approximate surface area is 123 Å². The van der Waals surface area contributed by atoms with Gasteiger partial charge in [-0.25, -0.2) is 0 Å². The minimum Gasteiger partial charge on any atom is -0.508 e. The van der Waals surface area contributed by atoms with Crippen molar-refractivity contribution in [2.45, 2.75) is 44.1 Å². The Bertz CT molecular complexity index is 749. The van der Waals surface area contributed by atoms with E-state index in [-0.39, 0.29) is 17.5 Å². The minimum atomic E-state index is -0.354. The van der Waals surface area contributed by atoms with E-state index >= 15 is 0 Å². The lowest BCUT2D eigenvalue weighted by Crippen LogP contribution is -2.45. The van der Waals surface area contributed by atoms with Crippen LogP contribution in [-0.2, 0) is 16.0 Å². The zero-order chi connectivity index (χ0) is 14.6. The first kappa shape index (κ1) is 12.7. The molecule has 1 fully saturated rings. The number of esters is 1. The van der Waals surface area contributed by atoms with E-state index in [0.717, 1.165) is 24.6 Å². The van der Waals surface area contributed by atoms with E-state index in [9.17, 15) is 9.90 Å². The highest BCUT2D eigenvalue weighted by Crippen LogP contribution is 2.48. The molecule has 0 bridgehead atoms. The molecule has 0 saturated carbocycles. The van der Waals surface area contributed by atoms with Crippen LogP contribution in [0.15, 0.2) is 30.3 Å². The van der Waals surface area contributed by atoms with E-state index in [1.54, 1.807) is 6.07 Å². The second kappa shape index (κ2) is 4.23. The molecule has 4 rings (SSSR count). The lowest BCUT2D eigenvalue weighted by Gasteiger charge is -2.45. The largest absolute Gasteiger partial charge is 0.508 e. The Morgan fingerprint density at radius 3 is 2.95 bits per heavy atom. The van der Waals surface area contributed by atoms with Crippen molar-refractivity contribution in [3.8, 4) is 5.75 Å². The van der Waals surface area contributed by atoms with Crippen LogP contribution in [0.2, 0.25) is 0 Å². The monoisotopic (exact) mass is 282 g/mol. The first-order valence-electron chi connectivity index (χ1n) is 7.53. The van der Waals surface area contributed by atoms with E-state index in [0.29, 0.717) is 12.2 Å². The van der Waals surface area contributed by atoms with E-state index in [1.165, 1.54) is 16.5 Å². The molecule has 1 aliphatic heterocycles. The third-order valence-electron chi connectivity index (χ3n) is 5.12. The van der Waals surface area contributed by atoms with Crippen molar-refractivity contribution in [1.29, 1.82) is 0 Å². The van der Waals surface area contributed by atoms with Gasteiger partial charge in [0.2, 0.25) is 0 Å². The van der Waals surface area contributed by atoms with Gasteiger partial charge in [0.05, 0.1) is 0 Å². The van der Waals surface area contributed by atoms with Crippen molar-refractivity contribution in [2.75, 3.05) is 0 Å². The number of aromatic hydroxyl groups is 1. The van der Waals surface area contributed by atoms with Gasteiger partial charge < -0.3 is 9.84 Å². The standard InChI is InChI=1S/C18H18O3/c1-18-9-8-14-13-5-3-12(19)10-11(13)2-4-15(14)16(18)6-7-17(20)21-18/h2-5,10,16,19H,6-9H2,1H3. The van der Waals surface area contributed by atoms with Gasteiger partial charge in [-0.3, -0.25) is 4.79 Å². The number of benzene rings is 2. The number of hydrogen-bond donors (Lipinski definition) is 1. The minimum absolute atomic E-state index is 0.0667. The van der Waals surface area contributed by atoms with Crippen LogP contribution in [0.3, 0.4) is 0 Å². The third-order valence-corrected chi connectivity index (χ3v) is 5.12. The molecule has 1 heterocycles. The molecule has 2 aliphatic rings. The molecule has 0 aromatic heterocycles. The quantitative estimate of drug-likeness (QED) is 0.750. The van der Waals surface area contributed by atoms with Gasteiger partial charge in [0.25, 0.3) is 0 Å². The summed E-state index contributed by atoms with van der Waals surface area (Å²) in [6, 6.07) is 9.77. The number of phenols is 1.